The molecule has 1 aromatic heterocycles. The summed E-state index contributed by atoms with van der Waals surface area (Å²) in [6.45, 7) is 0. The van der Waals surface area contributed by atoms with E-state index >= 15 is 0 Å². The Hall–Kier alpha value is -2.20. The van der Waals surface area contributed by atoms with Crippen molar-refractivity contribution in [1.82, 2.24) is 9.78 Å². The van der Waals surface area contributed by atoms with Gasteiger partial charge in [0, 0.05) is 0 Å². The summed E-state index contributed by atoms with van der Waals surface area (Å²) in [5.41, 5.74) is 4.54. The number of nitrogen functional groups attached to an aromatic ring is 1. The molecule has 2 aromatic rings. The van der Waals surface area contributed by atoms with Gasteiger partial charge in [0.1, 0.15) is 11.1 Å². The molecule has 8 heteroatoms. The minimum Gasteiger partial charge on any atom is -0.381 e. The predicted octanol–water partition coefficient (Wildman–Crippen LogP) is 3.00. The smallest absolute Gasteiger partial charge is 0.381 e. The second kappa shape index (κ2) is 4.48. The number of nitrogens with two attached hydrogens (primary N) is 1. The number of rotatable bonds is 1. The van der Waals surface area contributed by atoms with E-state index in [0.717, 1.165) is 22.9 Å². The van der Waals surface area contributed by atoms with Crippen LogP contribution in [0.1, 0.15) is 11.1 Å². The van der Waals surface area contributed by atoms with Crippen LogP contribution in [0.5, 0.6) is 0 Å². The van der Waals surface area contributed by atoms with Gasteiger partial charge in [0.05, 0.1) is 23.0 Å². The summed E-state index contributed by atoms with van der Waals surface area (Å²) in [5, 5.41) is 12.9. The van der Waals surface area contributed by atoms with Crippen LogP contribution in [0.2, 0.25) is 5.02 Å². The quantitative estimate of drug-likeness (QED) is 0.876. The van der Waals surface area contributed by atoms with Crippen LogP contribution in [0.25, 0.3) is 5.69 Å². The molecule has 0 fully saturated rings. The summed E-state index contributed by atoms with van der Waals surface area (Å²) in [6, 6.07) is 4.45. The van der Waals surface area contributed by atoms with Crippen molar-refractivity contribution in [2.24, 2.45) is 0 Å². The Bertz CT molecular complexity index is 650. The Labute approximate surface area is 110 Å². The van der Waals surface area contributed by atoms with Crippen LogP contribution in [-0.2, 0) is 6.18 Å². The van der Waals surface area contributed by atoms with Gasteiger partial charge in [0.25, 0.3) is 0 Å². The van der Waals surface area contributed by atoms with Crippen molar-refractivity contribution in [2.45, 2.75) is 6.18 Å². The second-order valence-electron chi connectivity index (χ2n) is 3.65. The van der Waals surface area contributed by atoms with Crippen LogP contribution in [0, 0.1) is 11.3 Å². The van der Waals surface area contributed by atoms with E-state index in [-0.39, 0.29) is 22.1 Å². The number of anilines is 1. The number of nitrogens with zero attached hydrogens (tertiary/aromatic N) is 3. The lowest BCUT2D eigenvalue weighted by atomic mass is 10.1. The molecule has 0 saturated heterocycles. The molecule has 2 rings (SSSR count). The Morgan fingerprint density at radius 3 is 2.53 bits per heavy atom. The average Bonchev–Trinajstić information content (AvgIpc) is 2.67. The third-order valence-electron chi connectivity index (χ3n) is 2.39. The molecule has 0 aliphatic rings. The minimum atomic E-state index is -4.51. The molecule has 19 heavy (non-hydrogen) atoms. The zero-order valence-electron chi connectivity index (χ0n) is 9.24. The molecule has 2 N–H and O–H groups in total. The number of alkyl halides is 3. The van der Waals surface area contributed by atoms with Crippen LogP contribution in [0.15, 0.2) is 24.4 Å². The van der Waals surface area contributed by atoms with E-state index < -0.39 is 11.7 Å². The molecule has 0 saturated carbocycles. The zero-order valence-corrected chi connectivity index (χ0v) is 10.00. The van der Waals surface area contributed by atoms with E-state index in [1.54, 1.807) is 6.07 Å². The van der Waals surface area contributed by atoms with Gasteiger partial charge < -0.3 is 5.73 Å². The number of hydrogen-bond acceptors (Lipinski definition) is 3. The first kappa shape index (κ1) is 13.2. The van der Waals surface area contributed by atoms with E-state index in [1.807, 2.05) is 0 Å². The topological polar surface area (TPSA) is 67.6 Å². The fraction of sp³-hybridized carbons (Fsp3) is 0.0909. The van der Waals surface area contributed by atoms with Crippen molar-refractivity contribution in [3.8, 4) is 11.8 Å². The molecule has 98 valence electrons. The molecule has 0 radical (unpaired) electrons. The first-order chi connectivity index (χ1) is 8.82. The lowest BCUT2D eigenvalue weighted by molar-refractivity contribution is -0.137. The monoisotopic (exact) mass is 286 g/mol. The van der Waals surface area contributed by atoms with Gasteiger partial charge in [0.2, 0.25) is 0 Å². The maximum absolute atomic E-state index is 12.5. The summed E-state index contributed by atoms with van der Waals surface area (Å²) >= 11 is 5.71. The molecular weight excluding hydrogens is 281 g/mol. The van der Waals surface area contributed by atoms with Gasteiger partial charge in [-0.05, 0) is 18.2 Å². The SMILES string of the molecule is N#Cc1cc(C(F)(F)F)ccc1-n1cc(Cl)c(N)n1. The molecular formula is C11H6ClF3N4. The van der Waals surface area contributed by atoms with E-state index in [4.69, 9.17) is 22.6 Å². The number of hydrogen-bond donors (Lipinski definition) is 1. The van der Waals surface area contributed by atoms with Gasteiger partial charge in [0.15, 0.2) is 5.82 Å². The predicted molar refractivity (Wildman–Crippen MR) is 62.7 cm³/mol. The molecule has 0 spiro atoms. The first-order valence-corrected chi connectivity index (χ1v) is 5.33. The summed E-state index contributed by atoms with van der Waals surface area (Å²) in [6.07, 6.45) is -3.19. The van der Waals surface area contributed by atoms with E-state index in [0.29, 0.717) is 0 Å². The normalized spacial score (nSPS) is 11.3. The van der Waals surface area contributed by atoms with Crippen LogP contribution in [-0.4, -0.2) is 9.78 Å². The molecule has 0 amide bonds. The summed E-state index contributed by atoms with van der Waals surface area (Å²) in [5.74, 6) is 0.0328. The lowest BCUT2D eigenvalue weighted by Gasteiger charge is -2.09. The first-order valence-electron chi connectivity index (χ1n) is 4.95. The fourth-order valence-electron chi connectivity index (χ4n) is 1.49. The highest BCUT2D eigenvalue weighted by Crippen LogP contribution is 2.31. The second-order valence-corrected chi connectivity index (χ2v) is 4.06. The highest BCUT2D eigenvalue weighted by atomic mass is 35.5. The van der Waals surface area contributed by atoms with Crippen molar-refractivity contribution < 1.29 is 13.2 Å². The van der Waals surface area contributed by atoms with E-state index in [9.17, 15) is 13.2 Å². The van der Waals surface area contributed by atoms with Crippen molar-refractivity contribution in [2.75, 3.05) is 5.73 Å². The lowest BCUT2D eigenvalue weighted by Crippen LogP contribution is -2.07. The van der Waals surface area contributed by atoms with Crippen LogP contribution >= 0.6 is 11.6 Å². The molecule has 0 unspecified atom stereocenters. The van der Waals surface area contributed by atoms with Gasteiger partial charge >= 0.3 is 6.18 Å². The van der Waals surface area contributed by atoms with Crippen molar-refractivity contribution in [3.63, 3.8) is 0 Å². The van der Waals surface area contributed by atoms with Gasteiger partial charge in [-0.15, -0.1) is 5.10 Å². The molecule has 4 nitrogen and oxygen atoms in total. The molecule has 0 bridgehead atoms. The molecule has 1 heterocycles. The average molecular weight is 287 g/mol. The summed E-state index contributed by atoms with van der Waals surface area (Å²) < 4.78 is 38.8. The minimum absolute atomic E-state index is 0.0328. The summed E-state index contributed by atoms with van der Waals surface area (Å²) in [4.78, 5) is 0. The number of halogens is 4. The Kier molecular flexibility index (Phi) is 3.12. The third-order valence-corrected chi connectivity index (χ3v) is 2.68. The van der Waals surface area contributed by atoms with E-state index in [2.05, 4.69) is 5.10 Å². The number of aromatic nitrogens is 2. The van der Waals surface area contributed by atoms with Gasteiger partial charge in [-0.2, -0.15) is 18.4 Å². The standard InChI is InChI=1S/C11H6ClF3N4/c12-8-5-19(18-10(8)17)9-2-1-7(11(13,14)15)3-6(9)4-16/h1-3,5H,(H2,17,18). The Balaban J connectivity index is 2.57. The van der Waals surface area contributed by atoms with Crippen LogP contribution in [0.4, 0.5) is 19.0 Å². The Morgan fingerprint density at radius 2 is 2.05 bits per heavy atom. The zero-order chi connectivity index (χ0) is 14.2. The maximum atomic E-state index is 12.5. The van der Waals surface area contributed by atoms with Crippen molar-refractivity contribution in [1.29, 1.82) is 5.26 Å². The van der Waals surface area contributed by atoms with Crippen LogP contribution < -0.4 is 5.73 Å². The van der Waals surface area contributed by atoms with E-state index in [1.165, 1.54) is 6.20 Å². The van der Waals surface area contributed by atoms with Gasteiger partial charge in [-0.1, -0.05) is 11.6 Å². The fourth-order valence-corrected chi connectivity index (χ4v) is 1.62. The number of benzene rings is 1. The largest absolute Gasteiger partial charge is 0.416 e. The van der Waals surface area contributed by atoms with Crippen LogP contribution in [0.3, 0.4) is 0 Å². The maximum Gasteiger partial charge on any atom is 0.416 e. The van der Waals surface area contributed by atoms with Gasteiger partial charge in [-0.3, -0.25) is 0 Å². The highest BCUT2D eigenvalue weighted by Gasteiger charge is 2.31. The van der Waals surface area contributed by atoms with Crippen molar-refractivity contribution in [3.05, 3.63) is 40.5 Å². The number of nitriles is 1. The summed E-state index contributed by atoms with van der Waals surface area (Å²) in [7, 11) is 0. The van der Waals surface area contributed by atoms with Crippen molar-refractivity contribution >= 4 is 17.4 Å². The molecule has 0 aliphatic heterocycles. The third kappa shape index (κ3) is 2.48. The molecule has 0 atom stereocenters. The Morgan fingerprint density at radius 1 is 1.37 bits per heavy atom. The van der Waals surface area contributed by atoms with Gasteiger partial charge in [-0.25, -0.2) is 4.68 Å². The molecule has 0 aliphatic carbocycles. The molecule has 1 aromatic carbocycles. The highest BCUT2D eigenvalue weighted by molar-refractivity contribution is 6.32.